The van der Waals surface area contributed by atoms with E-state index in [9.17, 15) is 9.59 Å². The Bertz CT molecular complexity index is 676. The molecular weight excluding hydrogens is 677 g/mol. The van der Waals surface area contributed by atoms with E-state index in [2.05, 4.69) is 13.8 Å². The zero-order valence-electron chi connectivity index (χ0n) is 37.9. The van der Waals surface area contributed by atoms with Crippen LogP contribution in [0.3, 0.4) is 0 Å². The molecule has 0 aliphatic carbocycles. The molecule has 0 amide bonds. The van der Waals surface area contributed by atoms with E-state index in [1.165, 1.54) is 250 Å². The zero-order valence-corrected chi connectivity index (χ0v) is 37.9. The normalized spacial score (nSPS) is 11.4. The molecule has 0 saturated heterocycles. The van der Waals surface area contributed by atoms with Crippen molar-refractivity contribution >= 4 is 11.9 Å². The van der Waals surface area contributed by atoms with Crippen molar-refractivity contribution in [1.82, 2.24) is 0 Å². The molecule has 55 heavy (non-hydrogen) atoms. The largest absolute Gasteiger partial charge is 0.466 e. The van der Waals surface area contributed by atoms with Gasteiger partial charge < -0.3 is 9.47 Å². The molecule has 0 aromatic rings. The number of hydrogen-bond donors (Lipinski definition) is 0. The number of esters is 2. The highest BCUT2D eigenvalue weighted by Crippen LogP contribution is 2.17. The first kappa shape index (κ1) is 53.9. The summed E-state index contributed by atoms with van der Waals surface area (Å²) in [7, 11) is 0. The van der Waals surface area contributed by atoms with E-state index < -0.39 is 0 Å². The molecule has 0 aromatic carbocycles. The van der Waals surface area contributed by atoms with Gasteiger partial charge in [0.15, 0.2) is 0 Å². The van der Waals surface area contributed by atoms with E-state index in [0.29, 0.717) is 26.1 Å². The van der Waals surface area contributed by atoms with Crippen molar-refractivity contribution in [2.75, 3.05) is 13.2 Å². The molecule has 0 aliphatic heterocycles. The van der Waals surface area contributed by atoms with Crippen molar-refractivity contribution in [3.8, 4) is 0 Å². The van der Waals surface area contributed by atoms with Crippen LogP contribution in [0.2, 0.25) is 0 Å². The maximum Gasteiger partial charge on any atom is 0.305 e. The lowest BCUT2D eigenvalue weighted by atomic mass is 10.0. The molecule has 328 valence electrons. The molecule has 0 unspecified atom stereocenters. The quantitative estimate of drug-likeness (QED) is 0.0456. The maximum atomic E-state index is 12.0. The Labute approximate surface area is 346 Å². The molecule has 0 aromatic heterocycles. The molecule has 4 heteroatoms. The van der Waals surface area contributed by atoms with Crippen molar-refractivity contribution in [1.29, 1.82) is 0 Å². The molecule has 4 nitrogen and oxygen atoms in total. The lowest BCUT2D eigenvalue weighted by molar-refractivity contribution is -0.144. The second-order valence-electron chi connectivity index (χ2n) is 17.4. The second-order valence-corrected chi connectivity index (χ2v) is 17.4. The predicted molar refractivity (Wildman–Crippen MR) is 241 cm³/mol. The Hall–Kier alpha value is -1.06. The Morgan fingerprint density at radius 1 is 0.236 bits per heavy atom. The Balaban J connectivity index is 3.20. The van der Waals surface area contributed by atoms with Crippen LogP contribution in [0.15, 0.2) is 0 Å². The van der Waals surface area contributed by atoms with Crippen LogP contribution in [-0.4, -0.2) is 25.2 Å². The Morgan fingerprint density at radius 3 is 0.600 bits per heavy atom. The van der Waals surface area contributed by atoms with Gasteiger partial charge in [-0.15, -0.1) is 0 Å². The molecule has 0 rings (SSSR count). The van der Waals surface area contributed by atoms with Gasteiger partial charge in [0, 0.05) is 12.8 Å². The maximum absolute atomic E-state index is 12.0. The number of carbonyl (C=O) groups is 2. The van der Waals surface area contributed by atoms with Gasteiger partial charge in [-0.25, -0.2) is 0 Å². The van der Waals surface area contributed by atoms with E-state index in [1.54, 1.807) is 0 Å². The Kier molecular flexibility index (Phi) is 48.1. The summed E-state index contributed by atoms with van der Waals surface area (Å²) in [5.74, 6) is 0.0257. The van der Waals surface area contributed by atoms with Gasteiger partial charge in [0.05, 0.1) is 13.2 Å². The Morgan fingerprint density at radius 2 is 0.400 bits per heavy atom. The molecule has 0 atom stereocenters. The first-order chi connectivity index (χ1) is 27.2. The van der Waals surface area contributed by atoms with Crippen LogP contribution < -0.4 is 0 Å². The summed E-state index contributed by atoms with van der Waals surface area (Å²) < 4.78 is 10.9. The van der Waals surface area contributed by atoms with Crippen molar-refractivity contribution < 1.29 is 19.1 Å². The van der Waals surface area contributed by atoms with Crippen LogP contribution in [0.1, 0.15) is 303 Å². The van der Waals surface area contributed by atoms with Gasteiger partial charge in [-0.2, -0.15) is 0 Å². The number of carbonyl (C=O) groups excluding carboxylic acids is 2. The van der Waals surface area contributed by atoms with Crippen LogP contribution in [0.4, 0.5) is 0 Å². The lowest BCUT2D eigenvalue weighted by Gasteiger charge is -2.06. The zero-order chi connectivity index (χ0) is 39.8. The highest BCUT2D eigenvalue weighted by Gasteiger charge is 2.04. The van der Waals surface area contributed by atoms with E-state index in [0.717, 1.165) is 25.7 Å². The van der Waals surface area contributed by atoms with Gasteiger partial charge in [-0.3, -0.25) is 9.59 Å². The number of unbranched alkanes of at least 4 members (excludes halogenated alkanes) is 40. The third-order valence-electron chi connectivity index (χ3n) is 11.8. The average molecular weight is 777 g/mol. The summed E-state index contributed by atoms with van der Waals surface area (Å²) in [6, 6.07) is 0. The summed E-state index contributed by atoms with van der Waals surface area (Å²) in [5, 5.41) is 0. The van der Waals surface area contributed by atoms with Gasteiger partial charge in [0.25, 0.3) is 0 Å². The van der Waals surface area contributed by atoms with Gasteiger partial charge in [-0.1, -0.05) is 264 Å². The van der Waals surface area contributed by atoms with Crippen molar-refractivity contribution in [3.05, 3.63) is 0 Å². The molecule has 0 saturated carbocycles. The molecular formula is C51H100O4. The van der Waals surface area contributed by atoms with E-state index in [4.69, 9.17) is 9.47 Å². The molecule has 0 aliphatic rings. The van der Waals surface area contributed by atoms with E-state index in [1.807, 2.05) is 0 Å². The van der Waals surface area contributed by atoms with Gasteiger partial charge >= 0.3 is 11.9 Å². The SMILES string of the molecule is CCCCCCCCCCCCCCCCCC(=O)OCCCCCCCCCCCCCCCOC(=O)CCCCCCCCCCCCCCCCC. The van der Waals surface area contributed by atoms with Crippen LogP contribution in [0.25, 0.3) is 0 Å². The van der Waals surface area contributed by atoms with Crippen molar-refractivity contribution in [2.45, 2.75) is 303 Å². The monoisotopic (exact) mass is 777 g/mol. The van der Waals surface area contributed by atoms with Gasteiger partial charge in [0.2, 0.25) is 0 Å². The fraction of sp³-hybridized carbons (Fsp3) is 0.961. The van der Waals surface area contributed by atoms with Crippen LogP contribution in [-0.2, 0) is 19.1 Å². The molecule has 0 fully saturated rings. The van der Waals surface area contributed by atoms with Gasteiger partial charge in [-0.05, 0) is 25.7 Å². The number of ether oxygens (including phenoxy) is 2. The minimum atomic E-state index is 0.0128. The fourth-order valence-corrected chi connectivity index (χ4v) is 7.95. The fourth-order valence-electron chi connectivity index (χ4n) is 7.95. The average Bonchev–Trinajstić information content (AvgIpc) is 3.19. The number of rotatable bonds is 48. The van der Waals surface area contributed by atoms with Crippen LogP contribution in [0.5, 0.6) is 0 Å². The van der Waals surface area contributed by atoms with Crippen molar-refractivity contribution in [2.24, 2.45) is 0 Å². The van der Waals surface area contributed by atoms with Gasteiger partial charge in [0.1, 0.15) is 0 Å². The van der Waals surface area contributed by atoms with E-state index in [-0.39, 0.29) is 11.9 Å². The summed E-state index contributed by atoms with van der Waals surface area (Å²) in [5.41, 5.74) is 0. The molecule has 0 heterocycles. The second kappa shape index (κ2) is 49.1. The summed E-state index contributed by atoms with van der Waals surface area (Å²) >= 11 is 0. The summed E-state index contributed by atoms with van der Waals surface area (Å²) in [4.78, 5) is 24.0. The number of hydrogen-bond acceptors (Lipinski definition) is 4. The topological polar surface area (TPSA) is 52.6 Å². The smallest absolute Gasteiger partial charge is 0.305 e. The summed E-state index contributed by atoms with van der Waals surface area (Å²) in [6.45, 7) is 5.80. The summed E-state index contributed by atoms with van der Waals surface area (Å²) in [6.07, 6.45) is 58.0. The first-order valence-corrected chi connectivity index (χ1v) is 25.5. The highest BCUT2D eigenvalue weighted by molar-refractivity contribution is 5.69. The van der Waals surface area contributed by atoms with Crippen LogP contribution in [0, 0.1) is 0 Å². The highest BCUT2D eigenvalue weighted by atomic mass is 16.5. The van der Waals surface area contributed by atoms with Crippen molar-refractivity contribution in [3.63, 3.8) is 0 Å². The standard InChI is InChI=1S/C51H100O4/c1-3-5-7-9-11-13-15-17-19-22-26-30-34-38-42-46-50(52)54-48-44-40-36-32-28-24-21-25-29-33-37-41-45-49-55-51(53)47-43-39-35-31-27-23-20-18-16-14-12-10-8-6-4-2/h3-49H2,1-2H3. The molecule has 0 radical (unpaired) electrons. The predicted octanol–water partition coefficient (Wildman–Crippen LogP) is 17.7. The van der Waals surface area contributed by atoms with Crippen LogP contribution >= 0.6 is 0 Å². The lowest BCUT2D eigenvalue weighted by Crippen LogP contribution is -2.05. The minimum Gasteiger partial charge on any atom is -0.466 e. The van der Waals surface area contributed by atoms with E-state index >= 15 is 0 Å². The first-order valence-electron chi connectivity index (χ1n) is 25.5. The third kappa shape index (κ3) is 49.0. The molecule has 0 bridgehead atoms. The molecule has 0 N–H and O–H groups in total. The molecule has 0 spiro atoms. The minimum absolute atomic E-state index is 0.0128. The third-order valence-corrected chi connectivity index (χ3v) is 11.8.